The van der Waals surface area contributed by atoms with E-state index in [1.807, 2.05) is 54.6 Å². The van der Waals surface area contributed by atoms with Gasteiger partial charge in [0.15, 0.2) is 0 Å². The Hall–Kier alpha value is -4.20. The minimum atomic E-state index is -4.56. The number of amides is 2. The van der Waals surface area contributed by atoms with Gasteiger partial charge in [0.2, 0.25) is 0 Å². The number of halogens is 3. The Morgan fingerprint density at radius 1 is 0.781 bits per heavy atom. The van der Waals surface area contributed by atoms with Crippen molar-refractivity contribution in [2.24, 2.45) is 5.10 Å². The molecule has 2 amide bonds. The molecule has 160 valence electrons. The Labute approximate surface area is 180 Å². The number of hydrogen-bond acceptors (Lipinski definition) is 3. The maximum atomic E-state index is 12.8. The lowest BCUT2D eigenvalue weighted by atomic mass is 9.97. The molecule has 0 saturated carbocycles. The number of nitrogens with one attached hydrogen (secondary N) is 2. The highest BCUT2D eigenvalue weighted by Crippen LogP contribution is 2.30. The van der Waals surface area contributed by atoms with Crippen LogP contribution in [0.3, 0.4) is 0 Å². The highest BCUT2D eigenvalue weighted by atomic mass is 19.4. The highest BCUT2D eigenvalue weighted by molar-refractivity contribution is 6.39. The van der Waals surface area contributed by atoms with E-state index in [2.05, 4.69) is 15.8 Å². The summed E-state index contributed by atoms with van der Waals surface area (Å²) in [5, 5.41) is 9.84. The van der Waals surface area contributed by atoms with Crippen molar-refractivity contribution >= 4 is 45.3 Å². The number of hydrogen-bond donors (Lipinski definition) is 2. The molecule has 4 aromatic carbocycles. The number of hydrazone groups is 1. The fourth-order valence-corrected chi connectivity index (χ4v) is 3.36. The number of carbonyl (C=O) groups excluding carboxylic acids is 2. The minimum Gasteiger partial charge on any atom is -0.318 e. The maximum Gasteiger partial charge on any atom is 0.416 e. The average molecular weight is 435 g/mol. The van der Waals surface area contributed by atoms with Gasteiger partial charge in [0.25, 0.3) is 0 Å². The summed E-state index contributed by atoms with van der Waals surface area (Å²) in [7, 11) is 0. The monoisotopic (exact) mass is 435 g/mol. The van der Waals surface area contributed by atoms with Gasteiger partial charge >= 0.3 is 18.0 Å². The van der Waals surface area contributed by atoms with E-state index < -0.39 is 23.6 Å². The first-order valence-electron chi connectivity index (χ1n) is 9.55. The number of benzene rings is 4. The van der Waals surface area contributed by atoms with E-state index in [1.54, 1.807) is 0 Å². The van der Waals surface area contributed by atoms with Gasteiger partial charge in [0, 0.05) is 11.3 Å². The Bertz CT molecular complexity index is 1310. The van der Waals surface area contributed by atoms with Crippen LogP contribution in [0.25, 0.3) is 21.5 Å². The second-order valence-corrected chi connectivity index (χ2v) is 6.96. The van der Waals surface area contributed by atoms with Gasteiger partial charge in [-0.05, 0) is 45.8 Å². The molecule has 0 aliphatic heterocycles. The molecule has 0 aliphatic rings. The first-order chi connectivity index (χ1) is 15.3. The van der Waals surface area contributed by atoms with Crippen molar-refractivity contribution in [3.05, 3.63) is 90.0 Å². The standard InChI is InChI=1S/C24H16F3N3O2/c25-24(26,27)17-8-5-9-18(13-17)29-22(31)23(32)30-28-14-21-19-10-3-1-6-15(19)12-16-7-2-4-11-20(16)21/h1-14H,(H,29,31)(H,30,32)/b28-14-. The molecule has 0 saturated heterocycles. The highest BCUT2D eigenvalue weighted by Gasteiger charge is 2.30. The van der Waals surface area contributed by atoms with Gasteiger partial charge in [-0.15, -0.1) is 0 Å². The lowest BCUT2D eigenvalue weighted by molar-refractivity contribution is -0.137. The molecular formula is C24H16F3N3O2. The SMILES string of the molecule is O=C(N/N=C\c1c2ccccc2cc2ccccc12)C(=O)Nc1cccc(C(F)(F)F)c1. The molecule has 0 spiro atoms. The number of fused-ring (bicyclic) bond motifs is 2. The van der Waals surface area contributed by atoms with Gasteiger partial charge in [-0.2, -0.15) is 18.3 Å². The van der Waals surface area contributed by atoms with Crippen LogP contribution in [0.1, 0.15) is 11.1 Å². The molecule has 5 nitrogen and oxygen atoms in total. The Balaban J connectivity index is 1.52. The zero-order valence-electron chi connectivity index (χ0n) is 16.5. The lowest BCUT2D eigenvalue weighted by Gasteiger charge is -2.09. The summed E-state index contributed by atoms with van der Waals surface area (Å²) in [5.74, 6) is -2.24. The molecule has 0 bridgehead atoms. The van der Waals surface area contributed by atoms with Crippen molar-refractivity contribution in [3.63, 3.8) is 0 Å². The van der Waals surface area contributed by atoms with E-state index in [-0.39, 0.29) is 5.69 Å². The van der Waals surface area contributed by atoms with Crippen molar-refractivity contribution in [1.82, 2.24) is 5.43 Å². The van der Waals surface area contributed by atoms with E-state index >= 15 is 0 Å². The summed E-state index contributed by atoms with van der Waals surface area (Å²) >= 11 is 0. The third kappa shape index (κ3) is 4.44. The molecule has 0 radical (unpaired) electrons. The number of alkyl halides is 3. The Morgan fingerprint density at radius 2 is 1.41 bits per heavy atom. The van der Waals surface area contributed by atoms with Gasteiger partial charge in [-0.1, -0.05) is 54.6 Å². The van der Waals surface area contributed by atoms with Crippen LogP contribution in [0, 0.1) is 0 Å². The predicted molar refractivity (Wildman–Crippen MR) is 117 cm³/mol. The number of nitrogens with zero attached hydrogens (tertiary/aromatic N) is 1. The molecule has 8 heteroatoms. The number of rotatable bonds is 3. The lowest BCUT2D eigenvalue weighted by Crippen LogP contribution is -2.32. The molecule has 32 heavy (non-hydrogen) atoms. The van der Waals surface area contributed by atoms with E-state index in [0.29, 0.717) is 0 Å². The quantitative estimate of drug-likeness (QED) is 0.203. The smallest absolute Gasteiger partial charge is 0.318 e. The molecule has 4 aromatic rings. The van der Waals surface area contributed by atoms with E-state index in [4.69, 9.17) is 0 Å². The van der Waals surface area contributed by atoms with E-state index in [9.17, 15) is 22.8 Å². The molecule has 0 unspecified atom stereocenters. The van der Waals surface area contributed by atoms with Crippen LogP contribution in [0.4, 0.5) is 18.9 Å². The topological polar surface area (TPSA) is 70.6 Å². The first kappa shape index (κ1) is 21.0. The average Bonchev–Trinajstić information content (AvgIpc) is 2.78. The summed E-state index contributed by atoms with van der Waals surface area (Å²) in [5.41, 5.74) is 1.80. The van der Waals surface area contributed by atoms with Gasteiger partial charge in [0.05, 0.1) is 11.8 Å². The largest absolute Gasteiger partial charge is 0.416 e. The van der Waals surface area contributed by atoms with Crippen molar-refractivity contribution in [2.75, 3.05) is 5.32 Å². The first-order valence-corrected chi connectivity index (χ1v) is 9.55. The number of anilines is 1. The summed E-state index contributed by atoms with van der Waals surface area (Å²) < 4.78 is 38.4. The van der Waals surface area contributed by atoms with E-state index in [1.165, 1.54) is 12.3 Å². The second-order valence-electron chi connectivity index (χ2n) is 6.96. The molecule has 0 atom stereocenters. The van der Waals surface area contributed by atoms with E-state index in [0.717, 1.165) is 45.3 Å². The molecule has 0 heterocycles. The molecule has 2 N–H and O–H groups in total. The van der Waals surface area contributed by atoms with Gasteiger partial charge in [0.1, 0.15) is 0 Å². The maximum absolute atomic E-state index is 12.8. The Kier molecular flexibility index (Phi) is 5.59. The minimum absolute atomic E-state index is 0.149. The molecule has 0 fully saturated rings. The van der Waals surface area contributed by atoms with Crippen molar-refractivity contribution in [3.8, 4) is 0 Å². The zero-order chi connectivity index (χ0) is 22.7. The fraction of sp³-hybridized carbons (Fsp3) is 0.0417. The van der Waals surface area contributed by atoms with Crippen LogP contribution in [-0.2, 0) is 15.8 Å². The normalized spacial score (nSPS) is 11.7. The summed E-state index contributed by atoms with van der Waals surface area (Å²) in [6.45, 7) is 0. The van der Waals surface area contributed by atoms with Crippen molar-refractivity contribution in [2.45, 2.75) is 6.18 Å². The van der Waals surface area contributed by atoms with Gasteiger partial charge in [-0.3, -0.25) is 9.59 Å². The van der Waals surface area contributed by atoms with Crippen molar-refractivity contribution < 1.29 is 22.8 Å². The molecule has 0 aliphatic carbocycles. The third-order valence-electron chi connectivity index (χ3n) is 4.83. The van der Waals surface area contributed by atoms with Crippen LogP contribution in [-0.4, -0.2) is 18.0 Å². The third-order valence-corrected chi connectivity index (χ3v) is 4.83. The molecule has 0 aromatic heterocycles. The van der Waals surface area contributed by atoms with Crippen molar-refractivity contribution in [1.29, 1.82) is 0 Å². The second kappa shape index (κ2) is 8.50. The summed E-state index contributed by atoms with van der Waals surface area (Å²) in [4.78, 5) is 24.1. The summed E-state index contributed by atoms with van der Waals surface area (Å²) in [6.07, 6.45) is -3.12. The molecule has 4 rings (SSSR count). The predicted octanol–water partition coefficient (Wildman–Crippen LogP) is 5.10. The fourth-order valence-electron chi connectivity index (χ4n) is 3.36. The van der Waals surface area contributed by atoms with Crippen LogP contribution in [0.5, 0.6) is 0 Å². The van der Waals surface area contributed by atoms with Gasteiger partial charge < -0.3 is 5.32 Å². The Morgan fingerprint density at radius 3 is 2.03 bits per heavy atom. The van der Waals surface area contributed by atoms with Crippen LogP contribution < -0.4 is 10.7 Å². The molecular weight excluding hydrogens is 419 g/mol. The van der Waals surface area contributed by atoms with Crippen LogP contribution in [0.15, 0.2) is 84.0 Å². The number of carbonyl (C=O) groups is 2. The zero-order valence-corrected chi connectivity index (χ0v) is 16.5. The van der Waals surface area contributed by atoms with Gasteiger partial charge in [-0.25, -0.2) is 5.43 Å². The summed E-state index contributed by atoms with van der Waals surface area (Å²) in [6, 6.07) is 21.4. The van der Waals surface area contributed by atoms with Crippen LogP contribution in [0.2, 0.25) is 0 Å². The van der Waals surface area contributed by atoms with Crippen LogP contribution >= 0.6 is 0 Å².